The van der Waals surface area contributed by atoms with Crippen LogP contribution in [0.25, 0.3) is 0 Å². The van der Waals surface area contributed by atoms with Gasteiger partial charge in [0, 0.05) is 50.9 Å². The van der Waals surface area contributed by atoms with Gasteiger partial charge < -0.3 is 30.3 Å². The van der Waals surface area contributed by atoms with E-state index in [1.165, 1.54) is 5.56 Å². The summed E-state index contributed by atoms with van der Waals surface area (Å²) in [7, 11) is 3.21. The zero-order chi connectivity index (χ0) is 31.6. The summed E-state index contributed by atoms with van der Waals surface area (Å²) in [5.74, 6) is 2.02. The number of aldehydes is 1. The number of carbonyl (C=O) groups excluding carboxylic acids is 2. The predicted octanol–water partition coefficient (Wildman–Crippen LogP) is 5.08. The molecular formula is C36H45N5O4. The second-order valence-electron chi connectivity index (χ2n) is 11.5. The van der Waals surface area contributed by atoms with E-state index in [4.69, 9.17) is 9.47 Å². The highest BCUT2D eigenvalue weighted by Gasteiger charge is 2.27. The zero-order valence-corrected chi connectivity index (χ0v) is 26.6. The summed E-state index contributed by atoms with van der Waals surface area (Å²) in [5, 5.41) is 10.1. The van der Waals surface area contributed by atoms with Gasteiger partial charge in [-0.25, -0.2) is 0 Å². The topological polar surface area (TPSA) is 95.2 Å². The lowest BCUT2D eigenvalue weighted by atomic mass is 9.98. The van der Waals surface area contributed by atoms with E-state index >= 15 is 0 Å². The molecule has 3 aromatic rings. The molecule has 0 radical (unpaired) electrons. The molecule has 2 atom stereocenters. The number of rotatable bonds is 14. The standard InChI is InChI=1S/C36H45N5O4/c1-26(27-10-5-4-6-11-27)40-20-22-41(23-21-40)31-14-7-12-29(25-42)35(31)36(43)39-30(13-8-18-37-34-15-9-19-38-34)28-16-17-32(44-2)33(24-28)45-3/h4-7,10-12,14-17,24-26,30,37-38H,8-9,13,18-23H2,1-3H3,(H,39,43)/t26-,30-/m1/s1. The lowest BCUT2D eigenvalue weighted by Gasteiger charge is -2.40. The molecule has 238 valence electrons. The third-order valence-corrected chi connectivity index (χ3v) is 8.82. The van der Waals surface area contributed by atoms with Gasteiger partial charge in [0.05, 0.1) is 37.3 Å². The van der Waals surface area contributed by atoms with Crippen LogP contribution >= 0.6 is 0 Å². The molecule has 3 aromatic carbocycles. The Morgan fingerprint density at radius 3 is 2.42 bits per heavy atom. The van der Waals surface area contributed by atoms with E-state index in [-0.39, 0.29) is 11.9 Å². The molecule has 0 spiro atoms. The van der Waals surface area contributed by atoms with Crippen LogP contribution < -0.4 is 30.3 Å². The van der Waals surface area contributed by atoms with Gasteiger partial charge in [-0.2, -0.15) is 0 Å². The van der Waals surface area contributed by atoms with E-state index in [9.17, 15) is 9.59 Å². The number of benzene rings is 3. The third kappa shape index (κ3) is 7.78. The van der Waals surface area contributed by atoms with Crippen molar-refractivity contribution in [2.75, 3.05) is 58.4 Å². The fourth-order valence-electron chi connectivity index (χ4n) is 6.24. The van der Waals surface area contributed by atoms with Crippen LogP contribution in [0.5, 0.6) is 11.5 Å². The van der Waals surface area contributed by atoms with Crippen molar-refractivity contribution in [3.63, 3.8) is 0 Å². The van der Waals surface area contributed by atoms with Crippen LogP contribution in [-0.4, -0.2) is 70.6 Å². The Morgan fingerprint density at radius 1 is 0.956 bits per heavy atom. The second-order valence-corrected chi connectivity index (χ2v) is 11.5. The molecule has 1 amide bonds. The Bertz CT molecular complexity index is 1470. The van der Waals surface area contributed by atoms with Gasteiger partial charge in [-0.05, 0) is 61.6 Å². The number of carbonyl (C=O) groups is 2. The second kappa shape index (κ2) is 15.5. The number of amides is 1. The molecule has 2 aliphatic rings. The first-order chi connectivity index (χ1) is 22.0. The molecule has 9 nitrogen and oxygen atoms in total. The third-order valence-electron chi connectivity index (χ3n) is 8.82. The van der Waals surface area contributed by atoms with Gasteiger partial charge in [0.25, 0.3) is 5.91 Å². The largest absolute Gasteiger partial charge is 0.493 e. The number of anilines is 1. The number of nitrogens with zero attached hydrogens (tertiary/aromatic N) is 2. The minimum absolute atomic E-state index is 0.263. The van der Waals surface area contributed by atoms with Crippen LogP contribution in [0.3, 0.4) is 0 Å². The first kappa shape index (κ1) is 31.9. The van der Waals surface area contributed by atoms with Crippen molar-refractivity contribution in [3.8, 4) is 11.5 Å². The molecule has 0 bridgehead atoms. The molecule has 9 heteroatoms. The molecular weight excluding hydrogens is 566 g/mol. The molecule has 0 aliphatic carbocycles. The van der Waals surface area contributed by atoms with Gasteiger partial charge in [-0.15, -0.1) is 0 Å². The number of methoxy groups -OCH3 is 2. The first-order valence-electron chi connectivity index (χ1n) is 15.8. The number of hydrogen-bond donors (Lipinski definition) is 3. The van der Waals surface area contributed by atoms with Crippen LogP contribution in [0.2, 0.25) is 0 Å². The number of hydrogen-bond acceptors (Lipinski definition) is 8. The summed E-state index contributed by atoms with van der Waals surface area (Å²) in [6.45, 7) is 7.18. The van der Waals surface area contributed by atoms with E-state index in [2.05, 4.69) is 63.0 Å². The Kier molecular flexibility index (Phi) is 11.0. The van der Waals surface area contributed by atoms with Crippen molar-refractivity contribution < 1.29 is 19.1 Å². The van der Waals surface area contributed by atoms with Crippen LogP contribution in [0, 0.1) is 0 Å². The van der Waals surface area contributed by atoms with Gasteiger partial charge in [0.2, 0.25) is 0 Å². The molecule has 1 saturated heterocycles. The highest BCUT2D eigenvalue weighted by molar-refractivity contribution is 6.06. The molecule has 1 fully saturated rings. The Morgan fingerprint density at radius 2 is 1.73 bits per heavy atom. The highest BCUT2D eigenvalue weighted by atomic mass is 16.5. The van der Waals surface area contributed by atoms with Gasteiger partial charge in [-0.3, -0.25) is 14.5 Å². The summed E-state index contributed by atoms with van der Waals surface area (Å²) < 4.78 is 11.0. The van der Waals surface area contributed by atoms with E-state index in [0.29, 0.717) is 35.1 Å². The zero-order valence-electron chi connectivity index (χ0n) is 26.6. The van der Waals surface area contributed by atoms with Gasteiger partial charge in [-0.1, -0.05) is 48.5 Å². The van der Waals surface area contributed by atoms with Crippen molar-refractivity contribution in [2.24, 2.45) is 0 Å². The van der Waals surface area contributed by atoms with Crippen molar-refractivity contribution in [3.05, 3.63) is 101 Å². The fraction of sp³-hybridized carbons (Fsp3) is 0.389. The van der Waals surface area contributed by atoms with Gasteiger partial charge in [0.15, 0.2) is 17.8 Å². The Labute approximate surface area is 266 Å². The monoisotopic (exact) mass is 611 g/mol. The molecule has 2 aliphatic heterocycles. The minimum atomic E-state index is -0.305. The molecule has 0 unspecified atom stereocenters. The fourth-order valence-corrected chi connectivity index (χ4v) is 6.24. The molecule has 2 heterocycles. The first-order valence-corrected chi connectivity index (χ1v) is 15.8. The quantitative estimate of drug-likeness (QED) is 0.172. The van der Waals surface area contributed by atoms with Crippen molar-refractivity contribution in [1.82, 2.24) is 20.9 Å². The maximum atomic E-state index is 14.2. The minimum Gasteiger partial charge on any atom is -0.493 e. The van der Waals surface area contributed by atoms with E-state index in [1.54, 1.807) is 20.3 Å². The number of ether oxygens (including phenoxy) is 2. The molecule has 0 saturated carbocycles. The van der Waals surface area contributed by atoms with Crippen molar-refractivity contribution in [2.45, 2.75) is 38.3 Å². The van der Waals surface area contributed by atoms with E-state index in [1.807, 2.05) is 36.4 Å². The van der Waals surface area contributed by atoms with Gasteiger partial charge in [0.1, 0.15) is 0 Å². The van der Waals surface area contributed by atoms with E-state index in [0.717, 1.165) is 75.5 Å². The van der Waals surface area contributed by atoms with Crippen LogP contribution in [-0.2, 0) is 0 Å². The molecule has 0 aromatic heterocycles. The summed E-state index contributed by atoms with van der Waals surface area (Å²) in [6.07, 6.45) is 5.47. The maximum Gasteiger partial charge on any atom is 0.254 e. The Balaban J connectivity index is 1.34. The smallest absolute Gasteiger partial charge is 0.254 e. The maximum absolute atomic E-state index is 14.2. The number of piperazine rings is 1. The van der Waals surface area contributed by atoms with Crippen LogP contribution in [0.4, 0.5) is 5.69 Å². The molecule has 45 heavy (non-hydrogen) atoms. The van der Waals surface area contributed by atoms with Crippen molar-refractivity contribution >= 4 is 17.9 Å². The summed E-state index contributed by atoms with van der Waals surface area (Å²) in [5.41, 5.74) is 3.79. The SMILES string of the molecule is COc1ccc([C@@H](CCCNC2=CCCN2)NC(=O)c2c(C=O)cccc2N2CCN([C@H](C)c3ccccc3)CC2)cc1OC. The number of nitrogens with one attached hydrogen (secondary N) is 3. The normalized spacial score (nSPS) is 16.2. The highest BCUT2D eigenvalue weighted by Crippen LogP contribution is 2.33. The lowest BCUT2D eigenvalue weighted by molar-refractivity contribution is 0.0929. The van der Waals surface area contributed by atoms with E-state index < -0.39 is 0 Å². The summed E-state index contributed by atoms with van der Waals surface area (Å²) >= 11 is 0. The Hall–Kier alpha value is -4.50. The van der Waals surface area contributed by atoms with Crippen LogP contribution in [0.15, 0.2) is 78.6 Å². The summed E-state index contributed by atoms with van der Waals surface area (Å²) in [6, 6.07) is 21.8. The van der Waals surface area contributed by atoms with Crippen LogP contribution in [0.1, 0.15) is 70.1 Å². The average molecular weight is 612 g/mol. The average Bonchev–Trinajstić information content (AvgIpc) is 3.62. The molecule has 3 N–H and O–H groups in total. The van der Waals surface area contributed by atoms with Gasteiger partial charge >= 0.3 is 0 Å². The predicted molar refractivity (Wildman–Crippen MR) is 178 cm³/mol. The van der Waals surface area contributed by atoms with Crippen molar-refractivity contribution in [1.29, 1.82) is 0 Å². The lowest BCUT2D eigenvalue weighted by Crippen LogP contribution is -2.47. The molecule has 5 rings (SSSR count). The summed E-state index contributed by atoms with van der Waals surface area (Å²) in [4.78, 5) is 31.1.